The maximum Gasteiger partial charge on any atom is 0.359 e. The van der Waals surface area contributed by atoms with Crippen molar-refractivity contribution >= 4 is 17.8 Å². The smallest absolute Gasteiger partial charge is 0.359 e. The lowest BCUT2D eigenvalue weighted by Crippen LogP contribution is -2.40. The van der Waals surface area contributed by atoms with Gasteiger partial charge in [0.1, 0.15) is 0 Å². The zero-order chi connectivity index (χ0) is 16.1. The largest absolute Gasteiger partial charge is 0.451 e. The Kier molecular flexibility index (Phi) is 5.03. The molecule has 0 saturated heterocycles. The molecule has 1 saturated carbocycles. The highest BCUT2D eigenvalue weighted by molar-refractivity contribution is 5.90. The molecule has 0 aliphatic heterocycles. The number of nitrogens with zero attached hydrogens (tertiary/aromatic N) is 3. The van der Waals surface area contributed by atoms with E-state index in [9.17, 15) is 14.4 Å². The number of ether oxygens (including phenoxy) is 1. The van der Waals surface area contributed by atoms with Crippen LogP contribution in [0.2, 0.25) is 0 Å². The van der Waals surface area contributed by atoms with Crippen molar-refractivity contribution < 1.29 is 19.1 Å². The van der Waals surface area contributed by atoms with E-state index in [1.165, 1.54) is 24.3 Å². The Morgan fingerprint density at radius 1 is 1.32 bits per heavy atom. The number of aromatic nitrogens is 2. The van der Waals surface area contributed by atoms with E-state index in [-0.39, 0.29) is 24.2 Å². The van der Waals surface area contributed by atoms with Crippen LogP contribution in [0.25, 0.3) is 0 Å². The number of amides is 2. The summed E-state index contributed by atoms with van der Waals surface area (Å²) in [6.07, 6.45) is 4.69. The molecule has 0 radical (unpaired) electrons. The van der Waals surface area contributed by atoms with E-state index in [1.54, 1.807) is 6.92 Å². The molecule has 1 N–H and O–H groups in total. The lowest BCUT2D eigenvalue weighted by Gasteiger charge is -2.16. The van der Waals surface area contributed by atoms with Crippen LogP contribution in [-0.2, 0) is 14.3 Å². The molecule has 0 aromatic carbocycles. The van der Waals surface area contributed by atoms with Gasteiger partial charge in [-0.05, 0) is 19.8 Å². The van der Waals surface area contributed by atoms with E-state index in [0.29, 0.717) is 5.69 Å². The van der Waals surface area contributed by atoms with E-state index in [2.05, 4.69) is 15.3 Å². The summed E-state index contributed by atoms with van der Waals surface area (Å²) in [4.78, 5) is 44.1. The summed E-state index contributed by atoms with van der Waals surface area (Å²) in [5.74, 6) is -1.40. The van der Waals surface area contributed by atoms with Gasteiger partial charge in [0.2, 0.25) is 5.91 Å². The molecule has 8 heteroatoms. The second kappa shape index (κ2) is 6.97. The number of esters is 1. The predicted octanol–water partition coefficient (Wildman–Crippen LogP) is -0.321. The minimum absolute atomic E-state index is 0.0347. The van der Waals surface area contributed by atoms with Crippen LogP contribution in [-0.4, -0.2) is 58.9 Å². The fourth-order valence-electron chi connectivity index (χ4n) is 1.61. The molecule has 22 heavy (non-hydrogen) atoms. The Morgan fingerprint density at radius 2 is 2.05 bits per heavy atom. The topological polar surface area (TPSA) is 101 Å². The van der Waals surface area contributed by atoms with Crippen LogP contribution in [0.3, 0.4) is 0 Å². The molecule has 1 aliphatic rings. The Balaban J connectivity index is 1.74. The maximum absolute atomic E-state index is 11.8. The predicted molar refractivity (Wildman–Crippen MR) is 75.9 cm³/mol. The zero-order valence-electron chi connectivity index (χ0n) is 12.5. The SMILES string of the molecule is Cc1cnc(C(=O)OCC(=O)N(C)CC(=O)NC2CC2)cn1. The minimum atomic E-state index is -0.725. The van der Waals surface area contributed by atoms with E-state index in [4.69, 9.17) is 4.74 Å². The van der Waals surface area contributed by atoms with Crippen molar-refractivity contribution in [1.29, 1.82) is 0 Å². The third-order valence-corrected chi connectivity index (χ3v) is 3.07. The molecule has 2 rings (SSSR count). The second-order valence-corrected chi connectivity index (χ2v) is 5.21. The molecule has 2 amide bonds. The van der Waals surface area contributed by atoms with Crippen molar-refractivity contribution in [2.75, 3.05) is 20.2 Å². The first-order chi connectivity index (χ1) is 10.5. The standard InChI is InChI=1S/C14H18N4O4/c1-9-5-16-11(6-15-9)14(21)22-8-13(20)18(2)7-12(19)17-10-3-4-10/h5-6,10H,3-4,7-8H2,1-2H3,(H,17,19). The number of hydrogen-bond acceptors (Lipinski definition) is 6. The molecule has 1 aromatic heterocycles. The van der Waals surface area contributed by atoms with Gasteiger partial charge in [-0.1, -0.05) is 0 Å². The lowest BCUT2D eigenvalue weighted by molar-refractivity contribution is -0.137. The summed E-state index contributed by atoms with van der Waals surface area (Å²) in [5.41, 5.74) is 0.710. The molecule has 0 spiro atoms. The first-order valence-electron chi connectivity index (χ1n) is 6.95. The molecule has 1 heterocycles. The van der Waals surface area contributed by atoms with Gasteiger partial charge < -0.3 is 15.0 Å². The van der Waals surface area contributed by atoms with Gasteiger partial charge in [0.15, 0.2) is 12.3 Å². The normalized spacial score (nSPS) is 13.4. The van der Waals surface area contributed by atoms with Crippen molar-refractivity contribution in [3.63, 3.8) is 0 Å². The Bertz CT molecular complexity index is 569. The summed E-state index contributed by atoms with van der Waals surface area (Å²) in [7, 11) is 1.48. The minimum Gasteiger partial charge on any atom is -0.451 e. The van der Waals surface area contributed by atoms with Crippen LogP contribution in [0.15, 0.2) is 12.4 Å². The Labute approximate surface area is 127 Å². The summed E-state index contributed by atoms with van der Waals surface area (Å²) >= 11 is 0. The summed E-state index contributed by atoms with van der Waals surface area (Å²) in [5, 5.41) is 2.78. The number of aryl methyl sites for hydroxylation is 1. The first-order valence-corrected chi connectivity index (χ1v) is 6.95. The van der Waals surface area contributed by atoms with Gasteiger partial charge in [0.25, 0.3) is 5.91 Å². The van der Waals surface area contributed by atoms with Gasteiger partial charge >= 0.3 is 5.97 Å². The van der Waals surface area contributed by atoms with Crippen molar-refractivity contribution in [3.05, 3.63) is 23.8 Å². The highest BCUT2D eigenvalue weighted by Crippen LogP contribution is 2.18. The average molecular weight is 306 g/mol. The van der Waals surface area contributed by atoms with E-state index in [0.717, 1.165) is 12.8 Å². The average Bonchev–Trinajstić information content (AvgIpc) is 3.28. The maximum atomic E-state index is 11.8. The van der Waals surface area contributed by atoms with E-state index < -0.39 is 18.5 Å². The molecular formula is C14H18N4O4. The number of rotatable bonds is 6. The molecule has 8 nitrogen and oxygen atoms in total. The van der Waals surface area contributed by atoms with Crippen molar-refractivity contribution in [2.45, 2.75) is 25.8 Å². The van der Waals surface area contributed by atoms with Crippen LogP contribution in [0.4, 0.5) is 0 Å². The summed E-state index contributed by atoms with van der Waals surface area (Å²) in [6.45, 7) is 1.24. The molecule has 0 bridgehead atoms. The van der Waals surface area contributed by atoms with Gasteiger partial charge in [-0.25, -0.2) is 9.78 Å². The monoisotopic (exact) mass is 306 g/mol. The lowest BCUT2D eigenvalue weighted by atomic mass is 10.4. The van der Waals surface area contributed by atoms with Crippen LogP contribution in [0.1, 0.15) is 29.0 Å². The summed E-state index contributed by atoms with van der Waals surface area (Å²) < 4.78 is 4.86. The van der Waals surface area contributed by atoms with Crippen LogP contribution >= 0.6 is 0 Å². The summed E-state index contributed by atoms with van der Waals surface area (Å²) in [6, 6.07) is 0.244. The molecule has 118 valence electrons. The second-order valence-electron chi connectivity index (χ2n) is 5.21. The number of nitrogens with one attached hydrogen (secondary N) is 1. The molecule has 1 fully saturated rings. The molecule has 0 unspecified atom stereocenters. The van der Waals surface area contributed by atoms with Crippen molar-refractivity contribution in [2.24, 2.45) is 0 Å². The van der Waals surface area contributed by atoms with Crippen molar-refractivity contribution in [3.8, 4) is 0 Å². The third-order valence-electron chi connectivity index (χ3n) is 3.07. The number of likely N-dealkylation sites (N-methyl/N-ethyl adjacent to an activating group) is 1. The quantitative estimate of drug-likeness (QED) is 0.723. The number of hydrogen-bond donors (Lipinski definition) is 1. The van der Waals surface area contributed by atoms with Gasteiger partial charge in [0.05, 0.1) is 18.4 Å². The van der Waals surface area contributed by atoms with E-state index >= 15 is 0 Å². The van der Waals surface area contributed by atoms with Crippen molar-refractivity contribution in [1.82, 2.24) is 20.2 Å². The highest BCUT2D eigenvalue weighted by Gasteiger charge is 2.24. The fraction of sp³-hybridized carbons (Fsp3) is 0.500. The molecule has 1 aromatic rings. The van der Waals surface area contributed by atoms with Crippen LogP contribution < -0.4 is 5.32 Å². The Morgan fingerprint density at radius 3 is 2.64 bits per heavy atom. The van der Waals surface area contributed by atoms with Gasteiger partial charge in [-0.2, -0.15) is 0 Å². The first kappa shape index (κ1) is 15.9. The molecule has 0 atom stereocenters. The van der Waals surface area contributed by atoms with Gasteiger partial charge in [-0.15, -0.1) is 0 Å². The Hall–Kier alpha value is -2.51. The molecule has 1 aliphatic carbocycles. The van der Waals surface area contributed by atoms with Crippen LogP contribution in [0.5, 0.6) is 0 Å². The highest BCUT2D eigenvalue weighted by atomic mass is 16.5. The van der Waals surface area contributed by atoms with Gasteiger partial charge in [-0.3, -0.25) is 14.6 Å². The van der Waals surface area contributed by atoms with E-state index in [1.807, 2.05) is 0 Å². The number of carbonyl (C=O) groups excluding carboxylic acids is 3. The van der Waals surface area contributed by atoms with Gasteiger partial charge in [0, 0.05) is 19.3 Å². The zero-order valence-corrected chi connectivity index (χ0v) is 12.5. The fourth-order valence-corrected chi connectivity index (χ4v) is 1.61. The molecular weight excluding hydrogens is 288 g/mol. The van der Waals surface area contributed by atoms with Crippen LogP contribution in [0, 0.1) is 6.92 Å². The number of carbonyl (C=O) groups is 3. The third kappa shape index (κ3) is 4.80.